The van der Waals surface area contributed by atoms with Gasteiger partial charge < -0.3 is 16.3 Å². The van der Waals surface area contributed by atoms with Gasteiger partial charge in [-0.05, 0) is 42.3 Å². The fourth-order valence-corrected chi connectivity index (χ4v) is 1.86. The molecule has 0 aliphatic rings. The summed E-state index contributed by atoms with van der Waals surface area (Å²) in [6.45, 7) is 2.29. The third-order valence-corrected chi connectivity index (χ3v) is 2.99. The number of aryl methyl sites for hydroxylation is 1. The molecule has 0 aromatic heterocycles. The van der Waals surface area contributed by atoms with E-state index in [0.717, 1.165) is 11.3 Å². The molecular weight excluding hydrogens is 257 g/mol. The van der Waals surface area contributed by atoms with Gasteiger partial charge in [-0.3, -0.25) is 0 Å². The van der Waals surface area contributed by atoms with Gasteiger partial charge in [-0.1, -0.05) is 23.4 Å². The molecule has 104 valence electrons. The number of nitrogens with zero attached hydrogens (tertiary/aromatic N) is 1. The molecule has 2 aromatic rings. The lowest BCUT2D eigenvalue weighted by atomic mass is 10.1. The first-order chi connectivity index (χ1) is 9.60. The maximum atomic E-state index is 13.2. The molecule has 4 nitrogen and oxygen atoms in total. The van der Waals surface area contributed by atoms with Crippen molar-refractivity contribution in [2.24, 2.45) is 10.9 Å². The highest BCUT2D eigenvalue weighted by molar-refractivity contribution is 5.97. The number of rotatable bonds is 4. The molecule has 2 rings (SSSR count). The van der Waals surface area contributed by atoms with Crippen molar-refractivity contribution in [3.8, 4) is 0 Å². The second-order valence-electron chi connectivity index (χ2n) is 4.50. The van der Waals surface area contributed by atoms with E-state index in [1.165, 1.54) is 6.07 Å². The van der Waals surface area contributed by atoms with Crippen molar-refractivity contribution < 1.29 is 9.60 Å². The first kappa shape index (κ1) is 13.9. The zero-order chi connectivity index (χ0) is 14.5. The summed E-state index contributed by atoms with van der Waals surface area (Å²) in [5.74, 6) is -0.144. The van der Waals surface area contributed by atoms with Gasteiger partial charge in [0.1, 0.15) is 5.82 Å². The molecule has 5 heteroatoms. The van der Waals surface area contributed by atoms with Crippen LogP contribution in [0, 0.1) is 12.7 Å². The monoisotopic (exact) mass is 273 g/mol. The molecule has 4 N–H and O–H groups in total. The SMILES string of the molecule is Cc1cc(NCc2cccc(C(N)=NO)c2)ccc1F. The van der Waals surface area contributed by atoms with Crippen molar-refractivity contribution in [1.29, 1.82) is 0 Å². The molecule has 0 aliphatic heterocycles. The maximum Gasteiger partial charge on any atom is 0.170 e. The van der Waals surface area contributed by atoms with Gasteiger partial charge in [0, 0.05) is 17.8 Å². The van der Waals surface area contributed by atoms with E-state index in [-0.39, 0.29) is 11.7 Å². The van der Waals surface area contributed by atoms with E-state index in [1.807, 2.05) is 18.2 Å². The topological polar surface area (TPSA) is 70.6 Å². The Balaban J connectivity index is 2.09. The van der Waals surface area contributed by atoms with E-state index in [1.54, 1.807) is 25.1 Å². The standard InChI is InChI=1S/C15H16FN3O/c1-10-7-13(5-6-14(10)16)18-9-11-3-2-4-12(8-11)15(17)19-20/h2-8,18,20H,9H2,1H3,(H2,17,19). The highest BCUT2D eigenvalue weighted by atomic mass is 19.1. The van der Waals surface area contributed by atoms with Crippen molar-refractivity contribution in [3.63, 3.8) is 0 Å². The summed E-state index contributed by atoms with van der Waals surface area (Å²) in [7, 11) is 0. The average Bonchev–Trinajstić information content (AvgIpc) is 2.48. The van der Waals surface area contributed by atoms with Crippen LogP contribution in [0.1, 0.15) is 16.7 Å². The minimum absolute atomic E-state index is 0.0736. The molecule has 20 heavy (non-hydrogen) atoms. The normalized spacial score (nSPS) is 11.4. The molecule has 2 aromatic carbocycles. The maximum absolute atomic E-state index is 13.2. The van der Waals surface area contributed by atoms with Crippen LogP contribution in [0.15, 0.2) is 47.6 Å². The van der Waals surface area contributed by atoms with Crippen LogP contribution < -0.4 is 11.1 Å². The average molecular weight is 273 g/mol. The number of nitrogens with two attached hydrogens (primary N) is 1. The molecule has 0 heterocycles. The first-order valence-corrected chi connectivity index (χ1v) is 6.17. The smallest absolute Gasteiger partial charge is 0.170 e. The Morgan fingerprint density at radius 1 is 1.30 bits per heavy atom. The number of anilines is 1. The number of halogens is 1. The van der Waals surface area contributed by atoms with Crippen molar-refractivity contribution in [1.82, 2.24) is 0 Å². The Morgan fingerprint density at radius 2 is 2.10 bits per heavy atom. The van der Waals surface area contributed by atoms with Gasteiger partial charge in [-0.15, -0.1) is 0 Å². The summed E-state index contributed by atoms with van der Waals surface area (Å²) in [4.78, 5) is 0. The Kier molecular flexibility index (Phi) is 4.20. The molecule has 0 fully saturated rings. The lowest BCUT2D eigenvalue weighted by Gasteiger charge is -2.09. The lowest BCUT2D eigenvalue weighted by Crippen LogP contribution is -2.13. The van der Waals surface area contributed by atoms with Crippen molar-refractivity contribution in [3.05, 3.63) is 65.0 Å². The lowest BCUT2D eigenvalue weighted by molar-refractivity contribution is 0.318. The fourth-order valence-electron chi connectivity index (χ4n) is 1.86. The van der Waals surface area contributed by atoms with E-state index in [0.29, 0.717) is 17.7 Å². The van der Waals surface area contributed by atoms with Crippen LogP contribution in [0.4, 0.5) is 10.1 Å². The summed E-state index contributed by atoms with van der Waals surface area (Å²) in [5, 5.41) is 14.8. The minimum Gasteiger partial charge on any atom is -0.409 e. The van der Waals surface area contributed by atoms with Crippen molar-refractivity contribution >= 4 is 11.5 Å². The molecule has 0 saturated carbocycles. The third kappa shape index (κ3) is 3.26. The predicted molar refractivity (Wildman–Crippen MR) is 77.4 cm³/mol. The van der Waals surface area contributed by atoms with Crippen LogP contribution in [0.3, 0.4) is 0 Å². The molecule has 0 unspecified atom stereocenters. The van der Waals surface area contributed by atoms with Gasteiger partial charge in [0.05, 0.1) is 0 Å². The number of hydrogen-bond acceptors (Lipinski definition) is 3. The van der Waals surface area contributed by atoms with E-state index >= 15 is 0 Å². The molecule has 0 bridgehead atoms. The molecular formula is C15H16FN3O. The number of nitrogens with one attached hydrogen (secondary N) is 1. The number of hydrogen-bond donors (Lipinski definition) is 3. The number of amidine groups is 1. The molecule has 0 amide bonds. The molecule has 0 spiro atoms. The largest absolute Gasteiger partial charge is 0.409 e. The number of oxime groups is 1. The highest BCUT2D eigenvalue weighted by Gasteiger charge is 2.02. The van der Waals surface area contributed by atoms with E-state index in [2.05, 4.69) is 10.5 Å². The van der Waals surface area contributed by atoms with Gasteiger partial charge in [0.25, 0.3) is 0 Å². The van der Waals surface area contributed by atoms with Crippen LogP contribution in [0.2, 0.25) is 0 Å². The summed E-state index contributed by atoms with van der Waals surface area (Å²) < 4.78 is 13.2. The zero-order valence-corrected chi connectivity index (χ0v) is 11.1. The van der Waals surface area contributed by atoms with Crippen LogP contribution in [0.5, 0.6) is 0 Å². The molecule has 0 atom stereocenters. The van der Waals surface area contributed by atoms with Crippen molar-refractivity contribution in [2.45, 2.75) is 13.5 Å². The van der Waals surface area contributed by atoms with Crippen molar-refractivity contribution in [2.75, 3.05) is 5.32 Å². The summed E-state index contributed by atoms with van der Waals surface area (Å²) >= 11 is 0. The van der Waals surface area contributed by atoms with E-state index in [4.69, 9.17) is 10.9 Å². The van der Waals surface area contributed by atoms with Crippen LogP contribution in [-0.2, 0) is 6.54 Å². The first-order valence-electron chi connectivity index (χ1n) is 6.17. The quantitative estimate of drug-likeness (QED) is 0.347. The third-order valence-electron chi connectivity index (χ3n) is 2.99. The van der Waals surface area contributed by atoms with Crippen LogP contribution in [0.25, 0.3) is 0 Å². The Morgan fingerprint density at radius 3 is 2.80 bits per heavy atom. The minimum atomic E-state index is -0.218. The molecule has 0 aliphatic carbocycles. The Labute approximate surface area is 116 Å². The fraction of sp³-hybridized carbons (Fsp3) is 0.133. The summed E-state index contributed by atoms with van der Waals surface area (Å²) in [6.07, 6.45) is 0. The molecule has 0 radical (unpaired) electrons. The van der Waals surface area contributed by atoms with Gasteiger partial charge in [0.2, 0.25) is 0 Å². The summed E-state index contributed by atoms with van der Waals surface area (Å²) in [5.41, 5.74) is 8.63. The van der Waals surface area contributed by atoms with E-state index in [9.17, 15) is 4.39 Å². The highest BCUT2D eigenvalue weighted by Crippen LogP contribution is 2.15. The Bertz CT molecular complexity index is 641. The second kappa shape index (κ2) is 6.06. The van der Waals surface area contributed by atoms with Gasteiger partial charge in [-0.25, -0.2) is 4.39 Å². The molecule has 0 saturated heterocycles. The van der Waals surface area contributed by atoms with Gasteiger partial charge in [-0.2, -0.15) is 0 Å². The van der Waals surface area contributed by atoms with E-state index < -0.39 is 0 Å². The Hall–Kier alpha value is -2.56. The summed E-state index contributed by atoms with van der Waals surface area (Å²) in [6, 6.07) is 12.2. The number of benzene rings is 2. The zero-order valence-electron chi connectivity index (χ0n) is 11.1. The van der Waals surface area contributed by atoms with Gasteiger partial charge in [0.15, 0.2) is 5.84 Å². The van der Waals surface area contributed by atoms with Crippen LogP contribution in [-0.4, -0.2) is 11.0 Å². The second-order valence-corrected chi connectivity index (χ2v) is 4.50. The predicted octanol–water partition coefficient (Wildman–Crippen LogP) is 2.84. The van der Waals surface area contributed by atoms with Crippen LogP contribution >= 0.6 is 0 Å². The van der Waals surface area contributed by atoms with Gasteiger partial charge >= 0.3 is 0 Å².